The Bertz CT molecular complexity index is 103. The number of nitrogens with one attached hydrogen (secondary N) is 1. The van der Waals surface area contributed by atoms with Gasteiger partial charge in [-0.25, -0.2) is 5.57 Å². The Hall–Kier alpha value is 1.91. The Balaban J connectivity index is -0.000000135. The summed E-state index contributed by atoms with van der Waals surface area (Å²) in [5.74, 6) is 0. The van der Waals surface area contributed by atoms with Gasteiger partial charge in [-0.1, -0.05) is 6.92 Å². The minimum atomic E-state index is 0. The first-order valence-electron chi connectivity index (χ1n) is 3.80. The monoisotopic (exact) mass is 332 g/mol. The van der Waals surface area contributed by atoms with E-state index >= 15 is 0 Å². The van der Waals surface area contributed by atoms with Crippen LogP contribution in [0.4, 0.5) is 0 Å². The number of hydrogen-bond acceptors (Lipinski definition) is 1. The van der Waals surface area contributed by atoms with Gasteiger partial charge in [0.15, 0.2) is 0 Å². The van der Waals surface area contributed by atoms with Crippen LogP contribution in [0.2, 0.25) is 0 Å². The molecule has 13 heavy (non-hydrogen) atoms. The predicted molar refractivity (Wildman–Crippen MR) is 52.0 cm³/mol. The first kappa shape index (κ1) is 24.2. The first-order chi connectivity index (χ1) is 4.81. The fourth-order valence-corrected chi connectivity index (χ4v) is 0.611. The molecule has 0 aromatic carbocycles. The molecule has 0 spiro atoms. The fraction of sp³-hybridized carbons (Fsp3) is 0.600. The van der Waals surface area contributed by atoms with E-state index in [0.717, 1.165) is 19.5 Å². The number of rotatable bonds is 5. The van der Waals surface area contributed by atoms with Gasteiger partial charge in [0, 0.05) is 32.7 Å². The van der Waals surface area contributed by atoms with Crippen molar-refractivity contribution in [2.75, 3.05) is 13.1 Å². The Labute approximate surface area is 135 Å². The summed E-state index contributed by atoms with van der Waals surface area (Å²) in [7, 11) is 0. The SMILES string of the molecule is C[C-]=C(C)CNCC[CH-]C.[CH3-].[Y+3].[Y]. The second kappa shape index (κ2) is 19.5. The van der Waals surface area contributed by atoms with Crippen LogP contribution in [-0.2, 0) is 65.4 Å². The van der Waals surface area contributed by atoms with Crippen molar-refractivity contribution in [3.8, 4) is 0 Å². The van der Waals surface area contributed by atoms with Crippen LogP contribution in [0.3, 0.4) is 0 Å². The third-order valence-electron chi connectivity index (χ3n) is 1.43. The molecule has 0 unspecified atom stereocenters. The molecule has 0 aromatic heterocycles. The smallest absolute Gasteiger partial charge is 0.499 e. The van der Waals surface area contributed by atoms with Crippen LogP contribution in [0.1, 0.15) is 27.2 Å². The average molecular weight is 332 g/mol. The molecular weight excluding hydrogens is 312 g/mol. The van der Waals surface area contributed by atoms with Gasteiger partial charge in [0.1, 0.15) is 0 Å². The molecule has 0 amide bonds. The zero-order chi connectivity index (χ0) is 7.82. The van der Waals surface area contributed by atoms with Crippen molar-refractivity contribution in [3.05, 3.63) is 25.5 Å². The van der Waals surface area contributed by atoms with Gasteiger partial charge in [-0.15, -0.1) is 0 Å². The van der Waals surface area contributed by atoms with Crippen molar-refractivity contribution < 1.29 is 65.4 Å². The van der Waals surface area contributed by atoms with Gasteiger partial charge in [0.25, 0.3) is 0 Å². The first-order valence-corrected chi connectivity index (χ1v) is 3.80. The molecule has 0 aromatic rings. The Morgan fingerprint density at radius 2 is 2.00 bits per heavy atom. The number of unbranched alkanes of at least 4 members (excludes halogenated alkanes) is 1. The summed E-state index contributed by atoms with van der Waals surface area (Å²) in [5.41, 5.74) is 1.29. The van der Waals surface area contributed by atoms with E-state index in [9.17, 15) is 0 Å². The van der Waals surface area contributed by atoms with E-state index in [1.165, 1.54) is 5.57 Å². The van der Waals surface area contributed by atoms with Crippen LogP contribution in [0, 0.1) is 19.9 Å². The maximum absolute atomic E-state index is 3.31. The number of allylic oxidation sites excluding steroid dienone is 1. The van der Waals surface area contributed by atoms with E-state index < -0.39 is 0 Å². The molecule has 0 saturated carbocycles. The van der Waals surface area contributed by atoms with Gasteiger partial charge in [-0.3, -0.25) is 0 Å². The van der Waals surface area contributed by atoms with Crippen molar-refractivity contribution in [3.63, 3.8) is 0 Å². The summed E-state index contributed by atoms with van der Waals surface area (Å²) < 4.78 is 0. The van der Waals surface area contributed by atoms with Crippen LogP contribution < -0.4 is 5.32 Å². The van der Waals surface area contributed by atoms with Gasteiger partial charge in [-0.2, -0.15) is 20.3 Å². The van der Waals surface area contributed by atoms with Crippen molar-refractivity contribution in [1.29, 1.82) is 0 Å². The average Bonchev–Trinajstić information content (AvgIpc) is 1.98. The van der Waals surface area contributed by atoms with E-state index in [1.807, 2.05) is 6.92 Å². The van der Waals surface area contributed by atoms with Gasteiger partial charge >= 0.3 is 32.7 Å². The van der Waals surface area contributed by atoms with Crippen LogP contribution in [-0.4, -0.2) is 13.1 Å². The zero-order valence-electron chi connectivity index (χ0n) is 9.35. The van der Waals surface area contributed by atoms with Gasteiger partial charge in [0.05, 0.1) is 0 Å². The van der Waals surface area contributed by atoms with Crippen molar-refractivity contribution in [1.82, 2.24) is 5.32 Å². The largest absolute Gasteiger partial charge is 3.00 e. The molecule has 0 aliphatic heterocycles. The summed E-state index contributed by atoms with van der Waals surface area (Å²) in [6.07, 6.45) is 6.40. The molecule has 71 valence electrons. The van der Waals surface area contributed by atoms with Crippen molar-refractivity contribution in [2.45, 2.75) is 27.2 Å². The fourth-order valence-electron chi connectivity index (χ4n) is 0.611. The molecule has 1 radical (unpaired) electrons. The topological polar surface area (TPSA) is 12.0 Å². The normalized spacial score (nSPS) is 9.31. The second-order valence-electron chi connectivity index (χ2n) is 2.40. The van der Waals surface area contributed by atoms with E-state index in [4.69, 9.17) is 0 Å². The quantitative estimate of drug-likeness (QED) is 0.602. The molecule has 1 N–H and O–H groups in total. The molecule has 3 heteroatoms. The van der Waals surface area contributed by atoms with Gasteiger partial charge < -0.3 is 25.2 Å². The van der Waals surface area contributed by atoms with Crippen molar-refractivity contribution in [2.24, 2.45) is 0 Å². The minimum absolute atomic E-state index is 0. The molecule has 0 aliphatic rings. The molecule has 0 saturated heterocycles. The Kier molecular flexibility index (Phi) is 36.3. The predicted octanol–water partition coefficient (Wildman–Crippen LogP) is 2.40. The second-order valence-corrected chi connectivity index (χ2v) is 2.40. The van der Waals surface area contributed by atoms with Gasteiger partial charge in [0.2, 0.25) is 0 Å². The molecule has 1 nitrogen and oxygen atoms in total. The van der Waals surface area contributed by atoms with E-state index in [2.05, 4.69) is 31.7 Å². The Morgan fingerprint density at radius 3 is 2.38 bits per heavy atom. The summed E-state index contributed by atoms with van der Waals surface area (Å²) in [5, 5.41) is 3.31. The molecule has 0 rings (SSSR count). The molecule has 0 fully saturated rings. The Morgan fingerprint density at radius 1 is 1.46 bits per heavy atom. The minimum Gasteiger partial charge on any atom is -0.499 e. The molecule has 0 heterocycles. The maximum Gasteiger partial charge on any atom is 3.00 e. The third kappa shape index (κ3) is 20.1. The van der Waals surface area contributed by atoms with Crippen LogP contribution in [0.5, 0.6) is 0 Å². The molecule has 0 aliphatic carbocycles. The van der Waals surface area contributed by atoms with Crippen molar-refractivity contribution >= 4 is 0 Å². The van der Waals surface area contributed by atoms with Crippen LogP contribution in [0.25, 0.3) is 0 Å². The molecule has 0 bridgehead atoms. The summed E-state index contributed by atoms with van der Waals surface area (Å²) in [6.45, 7) is 8.17. The van der Waals surface area contributed by atoms with Crippen LogP contribution >= 0.6 is 0 Å². The van der Waals surface area contributed by atoms with E-state index in [0.29, 0.717) is 0 Å². The third-order valence-corrected chi connectivity index (χ3v) is 1.43. The standard InChI is InChI=1S/C9H17N.CH3.2Y/c1-4-6-7-10-8-9(3)5-2;;;/h4,10H,6-8H2,1-3H3;1H3;;/q-2;-1;;+3. The zero-order valence-corrected chi connectivity index (χ0v) is 15.0. The van der Waals surface area contributed by atoms with E-state index in [-0.39, 0.29) is 72.8 Å². The summed E-state index contributed by atoms with van der Waals surface area (Å²) >= 11 is 0. The maximum atomic E-state index is 3.31. The molecular formula is C10H20NY2. The summed E-state index contributed by atoms with van der Waals surface area (Å²) in [6, 6.07) is 0. The van der Waals surface area contributed by atoms with E-state index in [1.54, 1.807) is 0 Å². The molecule has 0 atom stereocenters. The van der Waals surface area contributed by atoms with Gasteiger partial charge in [-0.05, 0) is 13.1 Å². The number of hydrogen-bond donors (Lipinski definition) is 1. The summed E-state index contributed by atoms with van der Waals surface area (Å²) in [4.78, 5) is 0. The van der Waals surface area contributed by atoms with Crippen LogP contribution in [0.15, 0.2) is 5.57 Å².